The van der Waals surface area contributed by atoms with Crippen LogP contribution in [0.2, 0.25) is 0 Å². The van der Waals surface area contributed by atoms with E-state index in [1.807, 2.05) is 43.3 Å². The molecule has 35 heavy (non-hydrogen) atoms. The summed E-state index contributed by atoms with van der Waals surface area (Å²) in [5.41, 5.74) is 0.464. The number of nitriles is 1. The van der Waals surface area contributed by atoms with Gasteiger partial charge in [-0.15, -0.1) is 0 Å². The molecule has 1 atom stereocenters. The molecule has 0 aliphatic carbocycles. The zero-order chi connectivity index (χ0) is 25.2. The molecule has 1 N–H and O–H groups in total. The van der Waals surface area contributed by atoms with E-state index in [0.717, 1.165) is 17.7 Å². The first kappa shape index (κ1) is 23.7. The van der Waals surface area contributed by atoms with Crippen LogP contribution in [0.5, 0.6) is 0 Å². The molecule has 0 fully saturated rings. The Hall–Kier alpha value is -4.45. The van der Waals surface area contributed by atoms with Crippen LogP contribution < -0.4 is 10.9 Å². The number of hydrogen-bond donors (Lipinski definition) is 1. The average molecular weight is 475 g/mol. The topological polar surface area (TPSA) is 83.6 Å². The van der Waals surface area contributed by atoms with Crippen molar-refractivity contribution < 1.29 is 13.2 Å². The fourth-order valence-electron chi connectivity index (χ4n) is 3.80. The predicted molar refractivity (Wildman–Crippen MR) is 126 cm³/mol. The highest BCUT2D eigenvalue weighted by molar-refractivity contribution is 5.81. The van der Waals surface area contributed by atoms with Crippen LogP contribution >= 0.6 is 0 Å². The molecule has 2 aromatic carbocycles. The Balaban J connectivity index is 1.85. The van der Waals surface area contributed by atoms with E-state index in [1.165, 1.54) is 36.0 Å². The summed E-state index contributed by atoms with van der Waals surface area (Å²) >= 11 is 0. The summed E-state index contributed by atoms with van der Waals surface area (Å²) in [6.07, 6.45) is -3.04. The second kappa shape index (κ2) is 9.43. The second-order valence-corrected chi connectivity index (χ2v) is 7.92. The van der Waals surface area contributed by atoms with Gasteiger partial charge in [-0.25, -0.2) is 9.97 Å². The molecular weight excluding hydrogens is 455 g/mol. The molecule has 2 aromatic heterocycles. The first-order valence-electron chi connectivity index (χ1n) is 10.7. The van der Waals surface area contributed by atoms with E-state index in [0.29, 0.717) is 17.2 Å². The first-order valence-corrected chi connectivity index (χ1v) is 10.7. The third-order valence-corrected chi connectivity index (χ3v) is 5.57. The zero-order valence-corrected chi connectivity index (χ0v) is 18.8. The lowest BCUT2D eigenvalue weighted by atomic mass is 9.99. The Morgan fingerprint density at radius 1 is 1.06 bits per heavy atom. The summed E-state index contributed by atoms with van der Waals surface area (Å²) in [5.74, 6) is 0.293. The monoisotopic (exact) mass is 475 g/mol. The lowest BCUT2D eigenvalue weighted by Gasteiger charge is -2.18. The molecule has 176 valence electrons. The van der Waals surface area contributed by atoms with Gasteiger partial charge in [0, 0.05) is 18.8 Å². The minimum atomic E-state index is -4.55. The molecule has 0 unspecified atom stereocenters. The molecule has 0 spiro atoms. The zero-order valence-electron chi connectivity index (χ0n) is 18.8. The van der Waals surface area contributed by atoms with E-state index < -0.39 is 17.3 Å². The lowest BCUT2D eigenvalue weighted by molar-refractivity contribution is -0.137. The maximum absolute atomic E-state index is 13.4. The van der Waals surface area contributed by atoms with E-state index >= 15 is 0 Å². The Bertz CT molecular complexity index is 1470. The number of nitrogens with zero attached hydrogens (tertiary/aromatic N) is 4. The van der Waals surface area contributed by atoms with Gasteiger partial charge in [0.05, 0.1) is 23.0 Å². The molecule has 4 rings (SSSR count). The number of rotatable bonds is 5. The number of benzene rings is 2. The van der Waals surface area contributed by atoms with E-state index in [2.05, 4.69) is 15.3 Å². The van der Waals surface area contributed by atoms with Gasteiger partial charge in [0.1, 0.15) is 11.6 Å². The molecule has 0 saturated carbocycles. The second-order valence-electron chi connectivity index (χ2n) is 7.92. The minimum Gasteiger partial charge on any atom is -0.348 e. The van der Waals surface area contributed by atoms with Crippen molar-refractivity contribution in [1.82, 2.24) is 14.5 Å². The molecule has 0 amide bonds. The summed E-state index contributed by atoms with van der Waals surface area (Å²) in [5, 5.41) is 12.7. The van der Waals surface area contributed by atoms with Crippen molar-refractivity contribution in [1.29, 1.82) is 5.26 Å². The molecule has 2 heterocycles. The molecule has 0 aliphatic rings. The highest BCUT2D eigenvalue weighted by Crippen LogP contribution is 2.35. The number of hydrogen-bond acceptors (Lipinski definition) is 5. The van der Waals surface area contributed by atoms with E-state index in [9.17, 15) is 23.2 Å². The van der Waals surface area contributed by atoms with Crippen LogP contribution in [0.15, 0.2) is 77.7 Å². The van der Waals surface area contributed by atoms with Crippen LogP contribution in [-0.2, 0) is 13.2 Å². The summed E-state index contributed by atoms with van der Waals surface area (Å²) in [7, 11) is 1.42. The van der Waals surface area contributed by atoms with Crippen molar-refractivity contribution in [3.63, 3.8) is 0 Å². The molecule has 0 bridgehead atoms. The van der Waals surface area contributed by atoms with Gasteiger partial charge < -0.3 is 9.88 Å². The Kier molecular flexibility index (Phi) is 6.38. The third-order valence-electron chi connectivity index (χ3n) is 5.57. The molecule has 0 radical (unpaired) electrons. The average Bonchev–Trinajstić information content (AvgIpc) is 2.85. The van der Waals surface area contributed by atoms with E-state index in [4.69, 9.17) is 0 Å². The number of halogens is 3. The van der Waals surface area contributed by atoms with Gasteiger partial charge in [0.15, 0.2) is 0 Å². The maximum Gasteiger partial charge on any atom is 0.416 e. The fraction of sp³-hybridized carbons (Fsp3) is 0.154. The highest BCUT2D eigenvalue weighted by Gasteiger charge is 2.31. The van der Waals surface area contributed by atoms with Crippen molar-refractivity contribution in [3.8, 4) is 28.6 Å². The van der Waals surface area contributed by atoms with Crippen LogP contribution in [-0.4, -0.2) is 14.5 Å². The molecule has 6 nitrogen and oxygen atoms in total. The number of nitrogens with one attached hydrogen (secondary N) is 1. The van der Waals surface area contributed by atoms with Crippen molar-refractivity contribution in [2.75, 3.05) is 5.32 Å². The van der Waals surface area contributed by atoms with Crippen LogP contribution in [0.4, 0.5) is 19.1 Å². The quantitative estimate of drug-likeness (QED) is 0.408. The van der Waals surface area contributed by atoms with Crippen molar-refractivity contribution >= 4 is 5.95 Å². The van der Waals surface area contributed by atoms with Crippen molar-refractivity contribution in [3.05, 3.63) is 100.0 Å². The van der Waals surface area contributed by atoms with Gasteiger partial charge in [-0.3, -0.25) is 4.79 Å². The smallest absolute Gasteiger partial charge is 0.348 e. The largest absolute Gasteiger partial charge is 0.416 e. The summed E-state index contributed by atoms with van der Waals surface area (Å²) in [6, 6.07) is 19.0. The fourth-order valence-corrected chi connectivity index (χ4v) is 3.80. The SMILES string of the molecule is C[C@H](Nc1nccc(-c2cc(C#N)c(=O)n(C)c2-c2cccc(C(F)(F)F)c2)n1)c1ccccc1. The van der Waals surface area contributed by atoms with Gasteiger partial charge in [-0.1, -0.05) is 42.5 Å². The molecule has 9 heteroatoms. The third kappa shape index (κ3) is 4.92. The Labute approximate surface area is 199 Å². The van der Waals surface area contributed by atoms with E-state index in [-0.39, 0.29) is 22.9 Å². The number of aromatic nitrogens is 3. The lowest BCUT2D eigenvalue weighted by Crippen LogP contribution is -2.22. The standard InChI is InChI=1S/C26H20F3N5O/c1-16(17-7-4-3-5-8-17)32-25-31-12-11-22(33-25)21-14-19(15-30)24(35)34(2)23(21)18-9-6-10-20(13-18)26(27,28)29/h3-14,16H,1-2H3,(H,31,32,33)/t16-/m0/s1. The van der Waals surface area contributed by atoms with Crippen LogP contribution in [0.3, 0.4) is 0 Å². The molecule has 4 aromatic rings. The number of anilines is 1. The maximum atomic E-state index is 13.4. The van der Waals surface area contributed by atoms with Gasteiger partial charge in [-0.2, -0.15) is 18.4 Å². The molecular formula is C26H20F3N5O. The van der Waals surface area contributed by atoms with Crippen LogP contribution in [0.25, 0.3) is 22.5 Å². The van der Waals surface area contributed by atoms with Gasteiger partial charge in [0.25, 0.3) is 5.56 Å². The van der Waals surface area contributed by atoms with Crippen molar-refractivity contribution in [2.45, 2.75) is 19.1 Å². The Morgan fingerprint density at radius 2 is 1.80 bits per heavy atom. The first-order chi connectivity index (χ1) is 16.7. The van der Waals surface area contributed by atoms with Crippen molar-refractivity contribution in [2.24, 2.45) is 7.05 Å². The van der Waals surface area contributed by atoms with Crippen LogP contribution in [0, 0.1) is 11.3 Å². The van der Waals surface area contributed by atoms with Crippen LogP contribution in [0.1, 0.15) is 29.7 Å². The van der Waals surface area contributed by atoms with Gasteiger partial charge >= 0.3 is 6.18 Å². The number of alkyl halides is 3. The summed E-state index contributed by atoms with van der Waals surface area (Å²) in [6.45, 7) is 1.94. The number of pyridine rings is 1. The predicted octanol–water partition coefficient (Wildman–Crippen LogP) is 5.57. The van der Waals surface area contributed by atoms with Gasteiger partial charge in [0.2, 0.25) is 5.95 Å². The highest BCUT2D eigenvalue weighted by atomic mass is 19.4. The van der Waals surface area contributed by atoms with E-state index in [1.54, 1.807) is 6.07 Å². The molecule has 0 aliphatic heterocycles. The summed E-state index contributed by atoms with van der Waals surface area (Å²) in [4.78, 5) is 21.5. The Morgan fingerprint density at radius 3 is 2.49 bits per heavy atom. The minimum absolute atomic E-state index is 0.121. The van der Waals surface area contributed by atoms with Gasteiger partial charge in [-0.05, 0) is 42.3 Å². The molecule has 0 saturated heterocycles. The summed E-state index contributed by atoms with van der Waals surface area (Å²) < 4.78 is 41.3. The normalized spacial score (nSPS) is 12.1.